The van der Waals surface area contributed by atoms with E-state index in [2.05, 4.69) is 15.3 Å². The molecule has 0 aliphatic carbocycles. The van der Waals surface area contributed by atoms with Gasteiger partial charge in [-0.25, -0.2) is 4.98 Å². The van der Waals surface area contributed by atoms with E-state index in [0.29, 0.717) is 18.1 Å². The highest BCUT2D eigenvalue weighted by Gasteiger charge is 2.16. The van der Waals surface area contributed by atoms with Gasteiger partial charge in [0.15, 0.2) is 0 Å². The van der Waals surface area contributed by atoms with E-state index in [4.69, 9.17) is 0 Å². The molecule has 1 rings (SSSR count). The van der Waals surface area contributed by atoms with Gasteiger partial charge in [0.1, 0.15) is 11.4 Å². The summed E-state index contributed by atoms with van der Waals surface area (Å²) in [4.78, 5) is 30.2. The SMILES string of the molecule is CCNC(=O)c1c(C)nc(C(C)C)[nH]c1=O. The fraction of sp³-hybridized carbons (Fsp3) is 0.545. The van der Waals surface area contributed by atoms with Gasteiger partial charge in [0.2, 0.25) is 0 Å². The molecule has 0 atom stereocenters. The van der Waals surface area contributed by atoms with Crippen molar-refractivity contribution in [3.8, 4) is 0 Å². The Kier molecular flexibility index (Phi) is 3.82. The van der Waals surface area contributed by atoms with Crippen LogP contribution in [-0.4, -0.2) is 22.4 Å². The molecule has 0 fully saturated rings. The fourth-order valence-electron chi connectivity index (χ4n) is 1.40. The van der Waals surface area contributed by atoms with Crippen LogP contribution in [0.15, 0.2) is 4.79 Å². The van der Waals surface area contributed by atoms with Gasteiger partial charge >= 0.3 is 0 Å². The zero-order valence-corrected chi connectivity index (χ0v) is 10.0. The topological polar surface area (TPSA) is 74.8 Å². The van der Waals surface area contributed by atoms with Gasteiger partial charge in [-0.1, -0.05) is 13.8 Å². The van der Waals surface area contributed by atoms with Gasteiger partial charge < -0.3 is 10.3 Å². The maximum atomic E-state index is 11.7. The van der Waals surface area contributed by atoms with Crippen LogP contribution in [0, 0.1) is 6.92 Å². The number of nitrogens with zero attached hydrogens (tertiary/aromatic N) is 1. The van der Waals surface area contributed by atoms with Crippen LogP contribution in [-0.2, 0) is 0 Å². The van der Waals surface area contributed by atoms with E-state index in [0.717, 1.165) is 0 Å². The van der Waals surface area contributed by atoms with Gasteiger partial charge in [-0.05, 0) is 13.8 Å². The number of carbonyl (C=O) groups excluding carboxylic acids is 1. The largest absolute Gasteiger partial charge is 0.352 e. The number of H-pyrrole nitrogens is 1. The molecule has 0 radical (unpaired) electrons. The first-order valence-electron chi connectivity index (χ1n) is 5.36. The third kappa shape index (κ3) is 2.48. The van der Waals surface area contributed by atoms with E-state index in [1.165, 1.54) is 0 Å². The lowest BCUT2D eigenvalue weighted by atomic mass is 10.1. The van der Waals surface area contributed by atoms with Crippen LogP contribution in [0.4, 0.5) is 0 Å². The van der Waals surface area contributed by atoms with E-state index < -0.39 is 0 Å². The number of rotatable bonds is 3. The van der Waals surface area contributed by atoms with Gasteiger partial charge in [0, 0.05) is 12.5 Å². The lowest BCUT2D eigenvalue weighted by Gasteiger charge is -2.08. The standard InChI is InChI=1S/C11H17N3O2/c1-5-12-10(15)8-7(4)13-9(6(2)3)14-11(8)16/h6H,5H2,1-4H3,(H,12,15)(H,13,14,16). The molecule has 0 saturated carbocycles. The Hall–Kier alpha value is -1.65. The summed E-state index contributed by atoms with van der Waals surface area (Å²) >= 11 is 0. The molecule has 0 aliphatic heterocycles. The average molecular weight is 223 g/mol. The molecule has 0 saturated heterocycles. The summed E-state index contributed by atoms with van der Waals surface area (Å²) in [5, 5.41) is 2.59. The van der Waals surface area contributed by atoms with Crippen LogP contribution < -0.4 is 10.9 Å². The Morgan fingerprint density at radius 2 is 2.12 bits per heavy atom. The Morgan fingerprint density at radius 1 is 1.50 bits per heavy atom. The number of amides is 1. The molecule has 0 aliphatic rings. The number of nitrogens with one attached hydrogen (secondary N) is 2. The molecule has 0 aromatic carbocycles. The lowest BCUT2D eigenvalue weighted by molar-refractivity contribution is 0.0953. The summed E-state index contributed by atoms with van der Waals surface area (Å²) < 4.78 is 0. The van der Waals surface area contributed by atoms with Crippen LogP contribution in [0.25, 0.3) is 0 Å². The molecule has 88 valence electrons. The van der Waals surface area contributed by atoms with Crippen LogP contribution in [0.5, 0.6) is 0 Å². The van der Waals surface area contributed by atoms with Crippen molar-refractivity contribution < 1.29 is 4.79 Å². The Bertz CT molecular complexity index is 449. The third-order valence-electron chi connectivity index (χ3n) is 2.23. The number of aromatic amines is 1. The highest BCUT2D eigenvalue weighted by Crippen LogP contribution is 2.08. The Morgan fingerprint density at radius 3 is 2.56 bits per heavy atom. The summed E-state index contributed by atoms with van der Waals surface area (Å²) in [6.07, 6.45) is 0. The monoisotopic (exact) mass is 223 g/mol. The molecule has 1 heterocycles. The highest BCUT2D eigenvalue weighted by atomic mass is 16.2. The fourth-order valence-corrected chi connectivity index (χ4v) is 1.40. The maximum absolute atomic E-state index is 11.7. The highest BCUT2D eigenvalue weighted by molar-refractivity contribution is 5.94. The summed E-state index contributed by atoms with van der Waals surface area (Å²) in [7, 11) is 0. The van der Waals surface area contributed by atoms with E-state index in [1.807, 2.05) is 13.8 Å². The number of aryl methyl sites for hydroxylation is 1. The van der Waals surface area contributed by atoms with Gasteiger partial charge in [-0.3, -0.25) is 9.59 Å². The molecule has 1 aromatic heterocycles. The first-order valence-corrected chi connectivity index (χ1v) is 5.36. The molecule has 0 spiro atoms. The van der Waals surface area contributed by atoms with E-state index >= 15 is 0 Å². The van der Waals surface area contributed by atoms with Crippen molar-refractivity contribution in [1.29, 1.82) is 0 Å². The minimum Gasteiger partial charge on any atom is -0.352 e. The van der Waals surface area contributed by atoms with Crippen molar-refractivity contribution in [1.82, 2.24) is 15.3 Å². The Labute approximate surface area is 94.3 Å². The molecule has 1 amide bonds. The molecule has 5 heteroatoms. The molecule has 0 unspecified atom stereocenters. The second-order valence-electron chi connectivity index (χ2n) is 3.93. The molecule has 5 nitrogen and oxygen atoms in total. The predicted molar refractivity (Wildman–Crippen MR) is 61.7 cm³/mol. The van der Waals surface area contributed by atoms with Crippen LogP contribution >= 0.6 is 0 Å². The molecule has 1 aromatic rings. The van der Waals surface area contributed by atoms with Crippen LogP contribution in [0.1, 0.15) is 48.6 Å². The third-order valence-corrected chi connectivity index (χ3v) is 2.23. The minimum absolute atomic E-state index is 0.103. The van der Waals surface area contributed by atoms with Gasteiger partial charge in [0.25, 0.3) is 11.5 Å². The van der Waals surface area contributed by atoms with Gasteiger partial charge in [-0.15, -0.1) is 0 Å². The molecular formula is C11H17N3O2. The Balaban J connectivity index is 3.23. The van der Waals surface area contributed by atoms with Crippen LogP contribution in [0.3, 0.4) is 0 Å². The summed E-state index contributed by atoms with van der Waals surface area (Å²) in [5.74, 6) is 0.370. The van der Waals surface area contributed by atoms with Crippen molar-refractivity contribution in [2.75, 3.05) is 6.54 Å². The van der Waals surface area contributed by atoms with Crippen LogP contribution in [0.2, 0.25) is 0 Å². The predicted octanol–water partition coefficient (Wildman–Crippen LogP) is 0.951. The number of carbonyl (C=O) groups is 1. The summed E-state index contributed by atoms with van der Waals surface area (Å²) in [6.45, 7) is 7.83. The van der Waals surface area contributed by atoms with Gasteiger partial charge in [0.05, 0.1) is 5.69 Å². The zero-order valence-electron chi connectivity index (χ0n) is 10.0. The van der Waals surface area contributed by atoms with Crippen molar-refractivity contribution in [3.05, 3.63) is 27.4 Å². The van der Waals surface area contributed by atoms with Crippen molar-refractivity contribution in [3.63, 3.8) is 0 Å². The summed E-state index contributed by atoms with van der Waals surface area (Å²) in [5.41, 5.74) is 0.201. The van der Waals surface area contributed by atoms with E-state index in [9.17, 15) is 9.59 Å². The first-order chi connectivity index (χ1) is 7.47. The normalized spacial score (nSPS) is 10.6. The minimum atomic E-state index is -0.373. The smallest absolute Gasteiger partial charge is 0.264 e. The average Bonchev–Trinajstić information content (AvgIpc) is 2.16. The zero-order chi connectivity index (χ0) is 12.3. The van der Waals surface area contributed by atoms with E-state index in [-0.39, 0.29) is 22.9 Å². The summed E-state index contributed by atoms with van der Waals surface area (Å²) in [6, 6.07) is 0. The second kappa shape index (κ2) is 4.92. The molecule has 2 N–H and O–H groups in total. The van der Waals surface area contributed by atoms with Crippen molar-refractivity contribution in [2.24, 2.45) is 0 Å². The molecule has 0 bridgehead atoms. The van der Waals surface area contributed by atoms with Gasteiger partial charge in [-0.2, -0.15) is 0 Å². The quantitative estimate of drug-likeness (QED) is 0.801. The second-order valence-corrected chi connectivity index (χ2v) is 3.93. The van der Waals surface area contributed by atoms with E-state index in [1.54, 1.807) is 13.8 Å². The maximum Gasteiger partial charge on any atom is 0.264 e. The van der Waals surface area contributed by atoms with Crippen molar-refractivity contribution >= 4 is 5.91 Å². The lowest BCUT2D eigenvalue weighted by Crippen LogP contribution is -2.32. The van der Waals surface area contributed by atoms with Crippen molar-refractivity contribution in [2.45, 2.75) is 33.6 Å². The number of hydrogen-bond acceptors (Lipinski definition) is 3. The molecular weight excluding hydrogens is 206 g/mol. The number of aromatic nitrogens is 2. The molecule has 16 heavy (non-hydrogen) atoms. The number of hydrogen-bond donors (Lipinski definition) is 2. The first kappa shape index (κ1) is 12.4.